The van der Waals surface area contributed by atoms with Crippen LogP contribution >= 0.6 is 33.2 Å². The smallest absolute Gasteiger partial charge is 0.121 e. The van der Waals surface area contributed by atoms with Crippen molar-refractivity contribution in [1.82, 2.24) is 0 Å². The Morgan fingerprint density at radius 1 is 1.40 bits per heavy atom. The molecule has 0 nitrogen and oxygen atoms in total. The Balaban J connectivity index is 3.64. The number of hydrogen-bond donors (Lipinski definition) is 0. The molecule has 0 aliphatic carbocycles. The lowest BCUT2D eigenvalue weighted by atomic mass is 10.2. The van der Waals surface area contributed by atoms with Crippen LogP contribution in [0.5, 0.6) is 0 Å². The topological polar surface area (TPSA) is 0 Å². The third kappa shape index (κ3) is 4.61. The van der Waals surface area contributed by atoms with Gasteiger partial charge in [0.25, 0.3) is 0 Å². The van der Waals surface area contributed by atoms with Crippen LogP contribution in [0.25, 0.3) is 0 Å². The predicted octanol–water partition coefficient (Wildman–Crippen LogP) is 3.93. The fourth-order valence-corrected chi connectivity index (χ4v) is 1.84. The third-order valence-electron chi connectivity index (χ3n) is 1.23. The molecule has 4 heteroatoms. The largest absolute Gasteiger partial charge is 0.368 e. The van der Waals surface area contributed by atoms with E-state index in [1.165, 1.54) is 0 Å². The highest BCUT2D eigenvalue weighted by Gasteiger charge is 2.28. The summed E-state index contributed by atoms with van der Waals surface area (Å²) < 4.78 is 0. The Morgan fingerprint density at radius 2 is 1.90 bits per heavy atom. The molecule has 0 aromatic heterocycles. The molecule has 10 heavy (non-hydrogen) atoms. The summed E-state index contributed by atoms with van der Waals surface area (Å²) in [6.45, 7) is 5.83. The molecule has 0 fully saturated rings. The van der Waals surface area contributed by atoms with E-state index in [9.17, 15) is 0 Å². The molecule has 0 amide bonds. The normalized spacial score (nSPS) is 11.6. The van der Waals surface area contributed by atoms with Crippen molar-refractivity contribution in [2.45, 2.75) is 26.2 Å². The number of rotatable bonds is 4. The van der Waals surface area contributed by atoms with Crippen LogP contribution in [0.2, 0.25) is 0 Å². The summed E-state index contributed by atoms with van der Waals surface area (Å²) >= 11 is 17.1. The van der Waals surface area contributed by atoms with Gasteiger partial charge in [-0.05, 0) is 11.6 Å². The number of allylic oxidation sites excluding steroid dienone is 1. The summed E-state index contributed by atoms with van der Waals surface area (Å²) in [5, 5.41) is 0.819. The second-order valence-electron chi connectivity index (χ2n) is 2.20. The fourth-order valence-electron chi connectivity index (χ4n) is 0.532. The van der Waals surface area contributed by atoms with E-state index in [0.29, 0.717) is 0 Å². The van der Waals surface area contributed by atoms with Crippen molar-refractivity contribution in [2.24, 2.45) is 0 Å². The quantitative estimate of drug-likeness (QED) is 0.495. The van der Waals surface area contributed by atoms with Gasteiger partial charge in [-0.25, -0.2) is 0 Å². The van der Waals surface area contributed by atoms with E-state index in [4.69, 9.17) is 33.2 Å². The van der Waals surface area contributed by atoms with Crippen LogP contribution in [0.1, 0.15) is 26.2 Å². The van der Waals surface area contributed by atoms with Crippen LogP contribution in [-0.4, -0.2) is 6.00 Å². The first kappa shape index (κ1) is 10.8. The summed E-state index contributed by atoms with van der Waals surface area (Å²) in [5.74, 6) is 0. The second kappa shape index (κ2) is 4.65. The van der Waals surface area contributed by atoms with Gasteiger partial charge in [-0.15, -0.1) is 39.8 Å². The van der Waals surface area contributed by atoms with Crippen molar-refractivity contribution >= 4 is 39.2 Å². The van der Waals surface area contributed by atoms with Gasteiger partial charge in [0, 0.05) is 0 Å². The van der Waals surface area contributed by atoms with Gasteiger partial charge in [0.2, 0.25) is 0 Å². The van der Waals surface area contributed by atoms with Crippen LogP contribution in [0, 0.1) is 0 Å². The molecule has 0 aliphatic rings. The molecule has 0 saturated heterocycles. The van der Waals surface area contributed by atoms with E-state index in [0.717, 1.165) is 24.5 Å². The third-order valence-corrected chi connectivity index (χ3v) is 4.69. The Kier molecular flexibility index (Phi) is 5.04. The molecule has 0 spiro atoms. The van der Waals surface area contributed by atoms with E-state index in [1.54, 1.807) is 0 Å². The average Bonchev–Trinajstić information content (AvgIpc) is 1.80. The highest BCUT2D eigenvalue weighted by atomic mass is 35.8. The zero-order valence-corrected chi connectivity index (χ0v) is 9.23. The van der Waals surface area contributed by atoms with Crippen molar-refractivity contribution in [3.63, 3.8) is 0 Å². The Hall–Kier alpha value is 0.827. The van der Waals surface area contributed by atoms with Crippen LogP contribution < -0.4 is 0 Å². The SMILES string of the molecule is C=C(CCCC)[Si](Cl)(Cl)Cl. The summed E-state index contributed by atoms with van der Waals surface area (Å²) in [6.07, 6.45) is 3.05. The number of unbranched alkanes of at least 4 members (excludes halogenated alkanes) is 1. The molecule has 0 N–H and O–H groups in total. The lowest BCUT2D eigenvalue weighted by molar-refractivity contribution is 0.807. The molecule has 0 aliphatic heterocycles. The Morgan fingerprint density at radius 3 is 2.20 bits per heavy atom. The maximum atomic E-state index is 5.69. The minimum atomic E-state index is -2.58. The van der Waals surface area contributed by atoms with Gasteiger partial charge < -0.3 is 0 Å². The van der Waals surface area contributed by atoms with Gasteiger partial charge in [0.15, 0.2) is 0 Å². The zero-order valence-electron chi connectivity index (χ0n) is 5.96. The number of halogens is 3. The van der Waals surface area contributed by atoms with Gasteiger partial charge in [0.05, 0.1) is 0 Å². The van der Waals surface area contributed by atoms with Crippen molar-refractivity contribution in [2.75, 3.05) is 0 Å². The fraction of sp³-hybridized carbons (Fsp3) is 0.667. The minimum Gasteiger partial charge on any atom is -0.121 e. The second-order valence-corrected chi connectivity index (χ2v) is 10.8. The van der Waals surface area contributed by atoms with E-state index in [1.807, 2.05) is 0 Å². The maximum Gasteiger partial charge on any atom is 0.368 e. The lowest BCUT2D eigenvalue weighted by Crippen LogP contribution is -2.13. The van der Waals surface area contributed by atoms with Crippen LogP contribution in [0.4, 0.5) is 0 Å². The summed E-state index contributed by atoms with van der Waals surface area (Å²) in [4.78, 5) is 0. The first-order valence-corrected chi connectivity index (χ1v) is 8.27. The van der Waals surface area contributed by atoms with Crippen molar-refractivity contribution in [3.05, 3.63) is 11.8 Å². The van der Waals surface area contributed by atoms with E-state index >= 15 is 0 Å². The molecule has 0 aromatic carbocycles. The number of hydrogen-bond acceptors (Lipinski definition) is 0. The monoisotopic (exact) mass is 216 g/mol. The van der Waals surface area contributed by atoms with E-state index in [-0.39, 0.29) is 0 Å². The molecular formula is C6H11Cl3Si. The Labute approximate surface area is 77.3 Å². The lowest BCUT2D eigenvalue weighted by Gasteiger charge is -2.09. The maximum absolute atomic E-state index is 5.69. The molecule has 0 unspecified atom stereocenters. The predicted molar refractivity (Wildman–Crippen MR) is 52.0 cm³/mol. The van der Waals surface area contributed by atoms with Gasteiger partial charge in [-0.3, -0.25) is 0 Å². The zero-order chi connectivity index (χ0) is 8.20. The summed E-state index contributed by atoms with van der Waals surface area (Å²) in [7, 11) is 0. The van der Waals surface area contributed by atoms with Gasteiger partial charge in [-0.2, -0.15) is 0 Å². The van der Waals surface area contributed by atoms with Crippen molar-refractivity contribution in [1.29, 1.82) is 0 Å². The molecule has 0 radical (unpaired) electrons. The van der Waals surface area contributed by atoms with Gasteiger partial charge in [0.1, 0.15) is 0 Å². The molecule has 0 aromatic rings. The molecule has 0 atom stereocenters. The van der Waals surface area contributed by atoms with Crippen LogP contribution in [0.15, 0.2) is 11.8 Å². The summed E-state index contributed by atoms with van der Waals surface area (Å²) in [6, 6.07) is -2.58. The highest BCUT2D eigenvalue weighted by Crippen LogP contribution is 2.30. The van der Waals surface area contributed by atoms with Crippen LogP contribution in [-0.2, 0) is 0 Å². The molecule has 0 saturated carbocycles. The Bertz CT molecular complexity index is 117. The van der Waals surface area contributed by atoms with Crippen molar-refractivity contribution in [3.8, 4) is 0 Å². The molecule has 60 valence electrons. The molecule has 0 heterocycles. The standard InChI is InChI=1S/C6H11Cl3Si/c1-3-4-5-6(2)10(7,8)9/h2-5H2,1H3. The minimum absolute atomic E-state index is 0.819. The first-order valence-electron chi connectivity index (χ1n) is 3.23. The van der Waals surface area contributed by atoms with Crippen molar-refractivity contribution < 1.29 is 0 Å². The average molecular weight is 218 g/mol. The van der Waals surface area contributed by atoms with Gasteiger partial charge >= 0.3 is 6.00 Å². The van der Waals surface area contributed by atoms with E-state index in [2.05, 4.69) is 13.5 Å². The van der Waals surface area contributed by atoms with Crippen LogP contribution in [0.3, 0.4) is 0 Å². The summed E-state index contributed by atoms with van der Waals surface area (Å²) in [5.41, 5.74) is 0. The first-order chi connectivity index (χ1) is 4.48. The van der Waals surface area contributed by atoms with Gasteiger partial charge in [-0.1, -0.05) is 19.8 Å². The molecular weight excluding hydrogens is 207 g/mol. The molecule has 0 rings (SSSR count). The molecule has 0 bridgehead atoms. The highest BCUT2D eigenvalue weighted by molar-refractivity contribution is 7.67. The van der Waals surface area contributed by atoms with E-state index < -0.39 is 6.00 Å².